The maximum absolute atomic E-state index is 9.82. The Morgan fingerprint density at radius 1 is 0.843 bits per heavy atom. The van der Waals surface area contributed by atoms with Gasteiger partial charge in [0.25, 0.3) is 0 Å². The van der Waals surface area contributed by atoms with Crippen molar-refractivity contribution in [2.75, 3.05) is 46.1 Å². The number of nitrogens with zero attached hydrogens (tertiary/aromatic N) is 3. The molecule has 10 nitrogen and oxygen atoms in total. The molecule has 1 aliphatic rings. The Labute approximate surface area is 305 Å². The molecule has 0 amide bonds. The highest BCUT2D eigenvalue weighted by Gasteiger charge is 2.28. The van der Waals surface area contributed by atoms with Crippen molar-refractivity contribution in [2.45, 2.75) is 58.6 Å². The van der Waals surface area contributed by atoms with Gasteiger partial charge in [-0.05, 0) is 85.3 Å². The van der Waals surface area contributed by atoms with Crippen LogP contribution in [0.25, 0.3) is 11.1 Å². The van der Waals surface area contributed by atoms with Crippen molar-refractivity contribution >= 4 is 11.6 Å². The lowest BCUT2D eigenvalue weighted by Gasteiger charge is -2.29. The number of hydrogen-bond donors (Lipinski definition) is 4. The van der Waals surface area contributed by atoms with Crippen LogP contribution in [0.15, 0.2) is 67.0 Å². The third kappa shape index (κ3) is 9.84. The number of nitrogens with one attached hydrogen (secondary N) is 1. The maximum atomic E-state index is 9.82. The summed E-state index contributed by atoms with van der Waals surface area (Å²) in [6.45, 7) is 7.90. The number of benzene rings is 3. The van der Waals surface area contributed by atoms with Crippen molar-refractivity contribution in [1.82, 2.24) is 15.2 Å². The standard InChI is InChI=1S/C40H47ClN4O6/c1-28-32(23-49-14-13-45-11-3-4-12-45)7-5-9-35(28)36-10-6-8-33(29(36)2)24-51-39-17-38(50-22-31-15-30(18-42)19-43-20-31)34(16-37(39)41)21-44-40(25-46,26-47)27-48/h5-10,15-17,19-20,44,46-48H,3-4,11-14,21-27H2,1-2H3. The van der Waals surface area contributed by atoms with Crippen LogP contribution in [0, 0.1) is 25.2 Å². The summed E-state index contributed by atoms with van der Waals surface area (Å²) in [7, 11) is 0. The first-order chi connectivity index (χ1) is 24.8. The van der Waals surface area contributed by atoms with Gasteiger partial charge in [-0.1, -0.05) is 48.0 Å². The van der Waals surface area contributed by atoms with Crippen molar-refractivity contribution in [3.63, 3.8) is 0 Å². The number of pyridine rings is 1. The second-order valence-electron chi connectivity index (χ2n) is 13.1. The highest BCUT2D eigenvalue weighted by atomic mass is 35.5. The lowest BCUT2D eigenvalue weighted by Crippen LogP contribution is -2.54. The van der Waals surface area contributed by atoms with Crippen LogP contribution in [0.2, 0.25) is 5.02 Å². The third-order valence-corrected chi connectivity index (χ3v) is 9.86. The predicted molar refractivity (Wildman–Crippen MR) is 197 cm³/mol. The summed E-state index contributed by atoms with van der Waals surface area (Å²) in [6, 6.07) is 19.7. The Morgan fingerprint density at radius 3 is 2.14 bits per heavy atom. The number of aromatic nitrogens is 1. The first-order valence-corrected chi connectivity index (χ1v) is 17.6. The van der Waals surface area contributed by atoms with Gasteiger partial charge in [-0.3, -0.25) is 4.98 Å². The van der Waals surface area contributed by atoms with Gasteiger partial charge in [0.2, 0.25) is 0 Å². The van der Waals surface area contributed by atoms with Crippen LogP contribution in [0.3, 0.4) is 0 Å². The Kier molecular flexibility index (Phi) is 13.8. The van der Waals surface area contributed by atoms with Gasteiger partial charge in [-0.25, -0.2) is 0 Å². The molecule has 3 aromatic carbocycles. The molecule has 2 heterocycles. The molecule has 270 valence electrons. The van der Waals surface area contributed by atoms with Gasteiger partial charge < -0.3 is 39.7 Å². The van der Waals surface area contributed by atoms with Crippen LogP contribution in [0.5, 0.6) is 11.5 Å². The molecule has 51 heavy (non-hydrogen) atoms. The first-order valence-electron chi connectivity index (χ1n) is 17.3. The third-order valence-electron chi connectivity index (χ3n) is 9.57. The summed E-state index contributed by atoms with van der Waals surface area (Å²) in [5.74, 6) is 0.846. The molecular weight excluding hydrogens is 668 g/mol. The van der Waals surface area contributed by atoms with Gasteiger partial charge in [-0.15, -0.1) is 0 Å². The fraction of sp³-hybridized carbons (Fsp3) is 0.400. The molecule has 4 aromatic rings. The van der Waals surface area contributed by atoms with E-state index in [0.717, 1.165) is 35.4 Å². The van der Waals surface area contributed by atoms with E-state index in [4.69, 9.17) is 25.8 Å². The number of hydrogen-bond acceptors (Lipinski definition) is 10. The zero-order valence-corrected chi connectivity index (χ0v) is 30.1. The Balaban J connectivity index is 1.33. The topological polar surface area (TPSA) is 140 Å². The molecule has 0 unspecified atom stereocenters. The van der Waals surface area contributed by atoms with Gasteiger partial charge >= 0.3 is 0 Å². The van der Waals surface area contributed by atoms with E-state index < -0.39 is 25.4 Å². The Morgan fingerprint density at radius 2 is 1.49 bits per heavy atom. The van der Waals surface area contributed by atoms with Crippen LogP contribution in [-0.2, 0) is 31.1 Å². The number of halogens is 1. The minimum absolute atomic E-state index is 0.116. The van der Waals surface area contributed by atoms with E-state index in [9.17, 15) is 20.6 Å². The van der Waals surface area contributed by atoms with E-state index in [-0.39, 0.29) is 19.8 Å². The maximum Gasteiger partial charge on any atom is 0.142 e. The number of aliphatic hydroxyl groups is 3. The Bertz CT molecular complexity index is 1790. The number of likely N-dealkylation sites (tertiary alicyclic amines) is 1. The number of ether oxygens (including phenoxy) is 3. The molecule has 0 radical (unpaired) electrons. The minimum atomic E-state index is -1.30. The molecule has 5 rings (SSSR count). The minimum Gasteiger partial charge on any atom is -0.488 e. The lowest BCUT2D eigenvalue weighted by atomic mass is 9.92. The Hall–Kier alpha value is -4.05. The van der Waals surface area contributed by atoms with Gasteiger partial charge in [0, 0.05) is 42.7 Å². The van der Waals surface area contributed by atoms with Gasteiger partial charge in [0.15, 0.2) is 0 Å². The largest absolute Gasteiger partial charge is 0.488 e. The van der Waals surface area contributed by atoms with Crippen LogP contribution < -0.4 is 14.8 Å². The van der Waals surface area contributed by atoms with E-state index in [2.05, 4.69) is 59.4 Å². The average molecular weight is 715 g/mol. The predicted octanol–water partition coefficient (Wildman–Crippen LogP) is 5.47. The number of rotatable bonds is 18. The monoisotopic (exact) mass is 714 g/mol. The van der Waals surface area contributed by atoms with E-state index in [0.29, 0.717) is 39.8 Å². The van der Waals surface area contributed by atoms with Crippen LogP contribution >= 0.6 is 11.6 Å². The molecule has 1 aromatic heterocycles. The van der Waals surface area contributed by atoms with Crippen LogP contribution in [0.1, 0.15) is 51.8 Å². The molecular formula is C40H47ClN4O6. The van der Waals surface area contributed by atoms with Crippen molar-refractivity contribution in [3.8, 4) is 28.7 Å². The van der Waals surface area contributed by atoms with Crippen molar-refractivity contribution in [3.05, 3.63) is 111 Å². The van der Waals surface area contributed by atoms with E-state index in [1.165, 1.54) is 43.3 Å². The summed E-state index contributed by atoms with van der Waals surface area (Å²) >= 11 is 6.75. The zero-order valence-electron chi connectivity index (χ0n) is 29.3. The molecule has 4 N–H and O–H groups in total. The number of nitriles is 1. The number of aliphatic hydroxyl groups excluding tert-OH is 3. The molecule has 11 heteroatoms. The normalized spacial score (nSPS) is 13.4. The van der Waals surface area contributed by atoms with E-state index in [1.807, 2.05) is 12.1 Å². The van der Waals surface area contributed by atoms with Gasteiger partial charge in [0.05, 0.1) is 49.2 Å². The van der Waals surface area contributed by atoms with Crippen molar-refractivity contribution < 1.29 is 29.5 Å². The van der Waals surface area contributed by atoms with E-state index >= 15 is 0 Å². The van der Waals surface area contributed by atoms with E-state index in [1.54, 1.807) is 24.4 Å². The summed E-state index contributed by atoms with van der Waals surface area (Å²) in [5.41, 5.74) is 7.16. The highest BCUT2D eigenvalue weighted by molar-refractivity contribution is 6.32. The van der Waals surface area contributed by atoms with Crippen molar-refractivity contribution in [1.29, 1.82) is 5.26 Å². The molecule has 0 saturated carbocycles. The summed E-state index contributed by atoms with van der Waals surface area (Å²) in [6.07, 6.45) is 5.66. The second kappa shape index (κ2) is 18.4. The second-order valence-corrected chi connectivity index (χ2v) is 13.5. The van der Waals surface area contributed by atoms with Gasteiger partial charge in [0.1, 0.15) is 30.8 Å². The molecule has 0 atom stereocenters. The van der Waals surface area contributed by atoms with Crippen LogP contribution in [-0.4, -0.2) is 76.8 Å². The molecule has 1 saturated heterocycles. The quantitative estimate of drug-likeness (QED) is 0.0982. The molecule has 1 fully saturated rings. The summed E-state index contributed by atoms with van der Waals surface area (Å²) < 4.78 is 18.6. The van der Waals surface area contributed by atoms with Crippen LogP contribution in [0.4, 0.5) is 0 Å². The van der Waals surface area contributed by atoms with Crippen molar-refractivity contribution in [2.24, 2.45) is 0 Å². The molecule has 0 spiro atoms. The zero-order chi connectivity index (χ0) is 36.2. The summed E-state index contributed by atoms with van der Waals surface area (Å²) in [5, 5.41) is 42.1. The smallest absolute Gasteiger partial charge is 0.142 e. The highest BCUT2D eigenvalue weighted by Crippen LogP contribution is 2.36. The summed E-state index contributed by atoms with van der Waals surface area (Å²) in [4.78, 5) is 6.57. The average Bonchev–Trinajstić information content (AvgIpc) is 3.68. The van der Waals surface area contributed by atoms with Gasteiger partial charge in [-0.2, -0.15) is 5.26 Å². The first kappa shape index (κ1) is 38.2. The fourth-order valence-corrected chi connectivity index (χ4v) is 6.39. The molecule has 1 aliphatic heterocycles. The molecule has 0 bridgehead atoms. The lowest BCUT2D eigenvalue weighted by molar-refractivity contribution is 0.0412. The SMILES string of the molecule is Cc1c(COCCN2CCCC2)cccc1-c1cccc(COc2cc(OCc3cncc(C#N)c3)c(CNC(CO)(CO)CO)cc2Cl)c1C. The molecule has 0 aliphatic carbocycles. The fourth-order valence-electron chi connectivity index (χ4n) is 6.15.